The van der Waals surface area contributed by atoms with Crippen molar-refractivity contribution in [1.29, 1.82) is 0 Å². The van der Waals surface area contributed by atoms with Gasteiger partial charge in [-0.1, -0.05) is 58.4 Å². The molecule has 3 unspecified atom stereocenters. The second kappa shape index (κ2) is 7.58. The summed E-state index contributed by atoms with van der Waals surface area (Å²) < 4.78 is 7.01. The second-order valence-corrected chi connectivity index (χ2v) is 14.1. The Morgan fingerprint density at radius 2 is 1.85 bits per heavy atom. The molecule has 0 radical (unpaired) electrons. The number of halogens is 1. The van der Waals surface area contributed by atoms with Gasteiger partial charge in [0.25, 0.3) is 0 Å². The van der Waals surface area contributed by atoms with E-state index in [4.69, 9.17) is 16.0 Å². The number of nitrogens with zero attached hydrogens (tertiary/aromatic N) is 1. The zero-order chi connectivity index (χ0) is 19.1. The third-order valence-corrected chi connectivity index (χ3v) is 12.4. The maximum atomic E-state index is 7.01. The van der Waals surface area contributed by atoms with Gasteiger partial charge in [-0.2, -0.15) is 0 Å². The van der Waals surface area contributed by atoms with Gasteiger partial charge in [-0.3, -0.25) is 4.90 Å². The largest absolute Gasteiger partial charge is 0.409 e. The molecule has 0 aromatic heterocycles. The lowest BCUT2D eigenvalue weighted by molar-refractivity contribution is -0.0512. The standard InChI is InChI=1S/C22H36ClNOSi/c1-7-26(8-2,9-3)25-19-15-24(20-13-14-22(20,5)6)16(4)17-11-10-12-18(23)21(17)19/h10-12,16,19-20H,7-9,13-15H2,1-6H3. The van der Waals surface area contributed by atoms with E-state index in [0.717, 1.165) is 11.6 Å². The fraction of sp³-hybridized carbons (Fsp3) is 0.727. The number of hydrogen-bond donors (Lipinski definition) is 0. The first-order valence-corrected chi connectivity index (χ1v) is 13.4. The molecule has 1 aliphatic heterocycles. The zero-order valence-corrected chi connectivity index (χ0v) is 19.2. The molecule has 0 saturated heterocycles. The molecule has 1 aromatic carbocycles. The quantitative estimate of drug-likeness (QED) is 0.484. The van der Waals surface area contributed by atoms with E-state index in [9.17, 15) is 0 Å². The molecule has 1 aromatic rings. The summed E-state index contributed by atoms with van der Waals surface area (Å²) in [7, 11) is -1.70. The van der Waals surface area contributed by atoms with Gasteiger partial charge in [-0.15, -0.1) is 0 Å². The number of hydrogen-bond acceptors (Lipinski definition) is 2. The van der Waals surface area contributed by atoms with Crippen LogP contribution in [0.3, 0.4) is 0 Å². The van der Waals surface area contributed by atoms with E-state index in [2.05, 4.69) is 58.6 Å². The predicted octanol–water partition coefficient (Wildman–Crippen LogP) is 6.97. The molecule has 1 fully saturated rings. The molecular formula is C22H36ClNOSi. The van der Waals surface area contributed by atoms with E-state index in [0.29, 0.717) is 17.5 Å². The number of benzene rings is 1. The average molecular weight is 394 g/mol. The van der Waals surface area contributed by atoms with Crippen molar-refractivity contribution in [3.8, 4) is 0 Å². The Hall–Kier alpha value is -0.353. The summed E-state index contributed by atoms with van der Waals surface area (Å²) in [4.78, 5) is 2.72. The van der Waals surface area contributed by atoms with Crippen molar-refractivity contribution in [1.82, 2.24) is 4.90 Å². The molecule has 1 aliphatic carbocycles. The van der Waals surface area contributed by atoms with Crippen LogP contribution in [0.25, 0.3) is 0 Å². The smallest absolute Gasteiger partial charge is 0.192 e. The first kappa shape index (κ1) is 20.4. The van der Waals surface area contributed by atoms with Crippen LogP contribution in [0.2, 0.25) is 23.2 Å². The lowest BCUT2D eigenvalue weighted by atomic mass is 9.65. The van der Waals surface area contributed by atoms with Crippen molar-refractivity contribution >= 4 is 19.9 Å². The first-order chi connectivity index (χ1) is 12.3. The molecule has 0 spiro atoms. The van der Waals surface area contributed by atoms with Crippen LogP contribution in [0.1, 0.15) is 77.7 Å². The monoisotopic (exact) mass is 393 g/mol. The molecular weight excluding hydrogens is 358 g/mol. The Morgan fingerprint density at radius 3 is 2.35 bits per heavy atom. The summed E-state index contributed by atoms with van der Waals surface area (Å²) in [6.45, 7) is 15.1. The van der Waals surface area contributed by atoms with Gasteiger partial charge >= 0.3 is 0 Å². The van der Waals surface area contributed by atoms with E-state index in [1.807, 2.05) is 6.07 Å². The van der Waals surface area contributed by atoms with E-state index in [1.165, 1.54) is 42.1 Å². The highest BCUT2D eigenvalue weighted by atomic mass is 35.5. The minimum atomic E-state index is -1.70. The normalized spacial score (nSPS) is 28.5. The van der Waals surface area contributed by atoms with Crippen molar-refractivity contribution in [2.45, 2.75) is 90.7 Å². The summed E-state index contributed by atoms with van der Waals surface area (Å²) in [5.74, 6) is 0. The predicted molar refractivity (Wildman–Crippen MR) is 114 cm³/mol. The maximum Gasteiger partial charge on any atom is 0.192 e. The Labute approximate surface area is 166 Å². The molecule has 4 heteroatoms. The SMILES string of the molecule is CC[Si](CC)(CC)OC1CN(C2CCC2(C)C)C(C)c2cccc(Cl)c21. The molecule has 1 heterocycles. The molecule has 3 atom stereocenters. The van der Waals surface area contributed by atoms with Gasteiger partial charge in [0.2, 0.25) is 0 Å². The number of fused-ring (bicyclic) bond motifs is 1. The summed E-state index contributed by atoms with van der Waals surface area (Å²) in [6.07, 6.45) is 2.75. The minimum Gasteiger partial charge on any atom is -0.409 e. The Kier molecular flexibility index (Phi) is 5.94. The molecule has 26 heavy (non-hydrogen) atoms. The Morgan fingerprint density at radius 1 is 1.19 bits per heavy atom. The van der Waals surface area contributed by atoms with Crippen LogP contribution in [-0.4, -0.2) is 25.8 Å². The third-order valence-electron chi connectivity index (χ3n) is 7.42. The second-order valence-electron chi connectivity index (χ2n) is 9.01. The fourth-order valence-corrected chi connectivity index (χ4v) is 8.24. The third kappa shape index (κ3) is 3.41. The molecule has 1 saturated carbocycles. The maximum absolute atomic E-state index is 7.01. The molecule has 2 aliphatic rings. The lowest BCUT2D eigenvalue weighted by Crippen LogP contribution is -2.56. The van der Waals surface area contributed by atoms with Gasteiger partial charge < -0.3 is 4.43 Å². The average Bonchev–Trinajstić information content (AvgIpc) is 2.62. The van der Waals surface area contributed by atoms with Crippen LogP contribution >= 0.6 is 11.6 Å². The van der Waals surface area contributed by atoms with Crippen molar-refractivity contribution in [2.75, 3.05) is 6.54 Å². The highest BCUT2D eigenvalue weighted by Gasteiger charge is 2.47. The van der Waals surface area contributed by atoms with Gasteiger partial charge in [0.1, 0.15) is 0 Å². The van der Waals surface area contributed by atoms with E-state index >= 15 is 0 Å². The van der Waals surface area contributed by atoms with Crippen molar-refractivity contribution < 1.29 is 4.43 Å². The summed E-state index contributed by atoms with van der Waals surface area (Å²) in [5, 5.41) is 0.887. The van der Waals surface area contributed by atoms with Crippen LogP contribution in [0.4, 0.5) is 0 Å². The highest BCUT2D eigenvalue weighted by molar-refractivity contribution is 6.73. The Bertz CT molecular complexity index is 635. The molecule has 0 amide bonds. The van der Waals surface area contributed by atoms with E-state index in [1.54, 1.807) is 0 Å². The fourth-order valence-electron chi connectivity index (χ4n) is 5.14. The van der Waals surface area contributed by atoms with Crippen LogP contribution in [0, 0.1) is 5.41 Å². The molecule has 2 nitrogen and oxygen atoms in total. The molecule has 0 N–H and O–H groups in total. The zero-order valence-electron chi connectivity index (χ0n) is 17.4. The van der Waals surface area contributed by atoms with Crippen LogP contribution in [0.5, 0.6) is 0 Å². The molecule has 146 valence electrons. The minimum absolute atomic E-state index is 0.123. The molecule has 3 rings (SSSR count). The highest BCUT2D eigenvalue weighted by Crippen LogP contribution is 2.50. The van der Waals surface area contributed by atoms with Gasteiger partial charge in [0.05, 0.1) is 6.10 Å². The number of rotatable bonds is 6. The van der Waals surface area contributed by atoms with Gasteiger partial charge in [0.15, 0.2) is 8.32 Å². The van der Waals surface area contributed by atoms with Gasteiger partial charge in [-0.05, 0) is 54.9 Å². The van der Waals surface area contributed by atoms with Crippen LogP contribution in [-0.2, 0) is 4.43 Å². The summed E-state index contributed by atoms with van der Waals surface area (Å²) in [5.41, 5.74) is 3.05. The van der Waals surface area contributed by atoms with Crippen molar-refractivity contribution in [2.24, 2.45) is 5.41 Å². The summed E-state index contributed by atoms with van der Waals surface area (Å²) in [6, 6.07) is 11.0. The van der Waals surface area contributed by atoms with Gasteiger partial charge in [0, 0.05) is 29.2 Å². The first-order valence-electron chi connectivity index (χ1n) is 10.5. The van der Waals surface area contributed by atoms with Crippen molar-refractivity contribution in [3.63, 3.8) is 0 Å². The summed E-state index contributed by atoms with van der Waals surface area (Å²) >= 11 is 6.71. The van der Waals surface area contributed by atoms with Crippen LogP contribution < -0.4 is 0 Å². The van der Waals surface area contributed by atoms with Crippen molar-refractivity contribution in [3.05, 3.63) is 34.3 Å². The lowest BCUT2D eigenvalue weighted by Gasteiger charge is -2.55. The van der Waals surface area contributed by atoms with E-state index < -0.39 is 8.32 Å². The van der Waals surface area contributed by atoms with Crippen LogP contribution in [0.15, 0.2) is 18.2 Å². The van der Waals surface area contributed by atoms with E-state index in [-0.39, 0.29) is 6.10 Å². The molecule has 0 bridgehead atoms. The Balaban J connectivity index is 1.99. The van der Waals surface area contributed by atoms with Gasteiger partial charge in [-0.25, -0.2) is 0 Å². The topological polar surface area (TPSA) is 12.5 Å².